The van der Waals surface area contributed by atoms with Gasteiger partial charge >= 0.3 is 0 Å². The van der Waals surface area contributed by atoms with Crippen molar-refractivity contribution in [1.82, 2.24) is 9.97 Å². The Morgan fingerprint density at radius 1 is 1.30 bits per heavy atom. The molecular formula is C15H14BrFN2S. The highest BCUT2D eigenvalue weighted by atomic mass is 79.9. The van der Waals surface area contributed by atoms with Crippen LogP contribution in [0, 0.1) is 10.5 Å². The maximum absolute atomic E-state index is 13.4. The molecule has 20 heavy (non-hydrogen) atoms. The molecule has 1 aliphatic rings. The number of benzene rings is 1. The minimum absolute atomic E-state index is 0.269. The van der Waals surface area contributed by atoms with Gasteiger partial charge in [0.25, 0.3) is 0 Å². The molecule has 2 nitrogen and oxygen atoms in total. The number of halogens is 2. The van der Waals surface area contributed by atoms with Gasteiger partial charge in [0.2, 0.25) is 0 Å². The average Bonchev–Trinajstić information content (AvgIpc) is 2.95. The summed E-state index contributed by atoms with van der Waals surface area (Å²) in [5.41, 5.74) is 1.82. The maximum Gasteiger partial charge on any atom is 0.144 e. The van der Waals surface area contributed by atoms with Gasteiger partial charge < -0.3 is 4.98 Å². The van der Waals surface area contributed by atoms with E-state index >= 15 is 0 Å². The van der Waals surface area contributed by atoms with Crippen molar-refractivity contribution in [2.24, 2.45) is 0 Å². The predicted molar refractivity (Wildman–Crippen MR) is 83.7 cm³/mol. The fourth-order valence-electron chi connectivity index (χ4n) is 2.74. The van der Waals surface area contributed by atoms with Gasteiger partial charge in [0.1, 0.15) is 16.3 Å². The maximum atomic E-state index is 13.4. The fourth-order valence-corrected chi connectivity index (χ4v) is 3.46. The molecule has 1 heterocycles. The van der Waals surface area contributed by atoms with E-state index in [0.717, 1.165) is 28.6 Å². The Morgan fingerprint density at radius 2 is 2.05 bits per heavy atom. The van der Waals surface area contributed by atoms with Gasteiger partial charge in [0.05, 0.1) is 4.47 Å². The second-order valence-corrected chi connectivity index (χ2v) is 6.29. The van der Waals surface area contributed by atoms with Gasteiger partial charge in [-0.1, -0.05) is 37.2 Å². The van der Waals surface area contributed by atoms with Crippen LogP contribution in [-0.4, -0.2) is 9.97 Å². The van der Waals surface area contributed by atoms with Crippen molar-refractivity contribution >= 4 is 28.1 Å². The van der Waals surface area contributed by atoms with E-state index in [1.807, 2.05) is 6.07 Å². The van der Waals surface area contributed by atoms with E-state index in [-0.39, 0.29) is 5.82 Å². The lowest BCUT2D eigenvalue weighted by molar-refractivity contribution is 0.628. The number of nitrogens with zero attached hydrogens (tertiary/aromatic N) is 1. The number of nitrogens with one attached hydrogen (secondary N) is 1. The lowest BCUT2D eigenvalue weighted by atomic mass is 10.0. The molecule has 0 amide bonds. The molecule has 0 spiro atoms. The molecule has 1 saturated carbocycles. The van der Waals surface area contributed by atoms with E-state index in [0.29, 0.717) is 16.4 Å². The molecule has 0 atom stereocenters. The van der Waals surface area contributed by atoms with Gasteiger partial charge in [0, 0.05) is 17.2 Å². The first-order chi connectivity index (χ1) is 9.65. The Kier molecular flexibility index (Phi) is 3.98. The van der Waals surface area contributed by atoms with Crippen LogP contribution < -0.4 is 0 Å². The van der Waals surface area contributed by atoms with E-state index in [9.17, 15) is 4.39 Å². The topological polar surface area (TPSA) is 28.7 Å². The number of rotatable bonds is 2. The number of aromatic amines is 1. The van der Waals surface area contributed by atoms with Crippen molar-refractivity contribution in [2.45, 2.75) is 31.6 Å². The van der Waals surface area contributed by atoms with Crippen LogP contribution in [-0.2, 0) is 0 Å². The number of H-pyrrole nitrogens is 1. The predicted octanol–water partition coefficient (Wildman–Crippen LogP) is 5.37. The van der Waals surface area contributed by atoms with E-state index < -0.39 is 0 Å². The lowest BCUT2D eigenvalue weighted by Gasteiger charge is -2.14. The third kappa shape index (κ3) is 2.69. The standard InChI is InChI=1S/C15H14BrFN2S/c16-12-13(9-4-1-2-5-9)18-14(19-15(12)20)10-6-3-7-11(17)8-10/h3,6-9H,1-2,4-5H2,(H,18,19,20). The van der Waals surface area contributed by atoms with Crippen LogP contribution in [0.1, 0.15) is 37.3 Å². The monoisotopic (exact) mass is 352 g/mol. The summed E-state index contributed by atoms with van der Waals surface area (Å²) in [5, 5.41) is 0. The molecule has 0 saturated heterocycles. The zero-order valence-corrected chi connectivity index (χ0v) is 13.2. The molecule has 0 radical (unpaired) electrons. The minimum atomic E-state index is -0.269. The normalized spacial score (nSPS) is 15.7. The Hall–Kier alpha value is -1.07. The highest BCUT2D eigenvalue weighted by molar-refractivity contribution is 9.10. The summed E-state index contributed by atoms with van der Waals surface area (Å²) in [6.07, 6.45) is 4.82. The zero-order chi connectivity index (χ0) is 14.1. The van der Waals surface area contributed by atoms with Crippen molar-refractivity contribution in [3.05, 3.63) is 44.9 Å². The molecule has 1 aromatic carbocycles. The number of aromatic nitrogens is 2. The van der Waals surface area contributed by atoms with Crippen molar-refractivity contribution in [1.29, 1.82) is 0 Å². The molecule has 3 rings (SSSR count). The molecule has 5 heteroatoms. The highest BCUT2D eigenvalue weighted by Gasteiger charge is 2.21. The van der Waals surface area contributed by atoms with E-state index in [4.69, 9.17) is 12.2 Å². The summed E-state index contributed by atoms with van der Waals surface area (Å²) in [6, 6.07) is 6.42. The Labute approximate surface area is 130 Å². The fraction of sp³-hybridized carbons (Fsp3) is 0.333. The summed E-state index contributed by atoms with van der Waals surface area (Å²) in [6.45, 7) is 0. The smallest absolute Gasteiger partial charge is 0.144 e. The molecule has 2 aromatic rings. The first-order valence-electron chi connectivity index (χ1n) is 6.71. The molecule has 1 N–H and O–H groups in total. The molecule has 0 bridgehead atoms. The van der Waals surface area contributed by atoms with Crippen molar-refractivity contribution < 1.29 is 4.39 Å². The second-order valence-electron chi connectivity index (χ2n) is 5.11. The first kappa shape index (κ1) is 13.9. The van der Waals surface area contributed by atoms with Gasteiger partial charge in [-0.05, 0) is 40.9 Å². The van der Waals surface area contributed by atoms with Gasteiger partial charge in [-0.2, -0.15) is 0 Å². The molecule has 1 fully saturated rings. The highest BCUT2D eigenvalue weighted by Crippen LogP contribution is 2.37. The largest absolute Gasteiger partial charge is 0.342 e. The van der Waals surface area contributed by atoms with E-state index in [2.05, 4.69) is 25.9 Å². The van der Waals surface area contributed by atoms with E-state index in [1.165, 1.54) is 25.0 Å². The third-order valence-corrected chi connectivity index (χ3v) is 5.11. The molecule has 1 aromatic heterocycles. The molecular weight excluding hydrogens is 339 g/mol. The average molecular weight is 353 g/mol. The SMILES string of the molecule is Fc1cccc(-c2nc(=S)c(Br)c(C3CCCC3)[nH]2)c1. The minimum Gasteiger partial charge on any atom is -0.342 e. The number of hydrogen-bond acceptors (Lipinski definition) is 2. The second kappa shape index (κ2) is 5.74. The van der Waals surface area contributed by atoms with Gasteiger partial charge in [-0.15, -0.1) is 0 Å². The summed E-state index contributed by atoms with van der Waals surface area (Å²) in [7, 11) is 0. The summed E-state index contributed by atoms with van der Waals surface area (Å²) in [5.74, 6) is 0.856. The zero-order valence-electron chi connectivity index (χ0n) is 10.8. The quantitative estimate of drug-likeness (QED) is 0.736. The Bertz CT molecular complexity index is 693. The first-order valence-corrected chi connectivity index (χ1v) is 7.91. The van der Waals surface area contributed by atoms with Crippen LogP contribution in [0.5, 0.6) is 0 Å². The van der Waals surface area contributed by atoms with Crippen LogP contribution >= 0.6 is 28.1 Å². The lowest BCUT2D eigenvalue weighted by Crippen LogP contribution is -2.02. The van der Waals surface area contributed by atoms with Crippen LogP contribution in [0.4, 0.5) is 4.39 Å². The van der Waals surface area contributed by atoms with Crippen molar-refractivity contribution in [3.8, 4) is 11.4 Å². The Balaban J connectivity index is 2.11. The van der Waals surface area contributed by atoms with Crippen molar-refractivity contribution in [2.75, 3.05) is 0 Å². The molecule has 0 aliphatic heterocycles. The summed E-state index contributed by atoms with van der Waals surface area (Å²) in [4.78, 5) is 7.71. The van der Waals surface area contributed by atoms with Crippen LogP contribution in [0.3, 0.4) is 0 Å². The van der Waals surface area contributed by atoms with Crippen molar-refractivity contribution in [3.63, 3.8) is 0 Å². The summed E-state index contributed by atoms with van der Waals surface area (Å²) < 4.78 is 14.8. The van der Waals surface area contributed by atoms with Crippen LogP contribution in [0.15, 0.2) is 28.7 Å². The van der Waals surface area contributed by atoms with E-state index in [1.54, 1.807) is 6.07 Å². The van der Waals surface area contributed by atoms with Crippen LogP contribution in [0.25, 0.3) is 11.4 Å². The van der Waals surface area contributed by atoms with Gasteiger partial charge in [-0.3, -0.25) is 0 Å². The van der Waals surface area contributed by atoms with Crippen LogP contribution in [0.2, 0.25) is 0 Å². The third-order valence-electron chi connectivity index (χ3n) is 3.75. The number of hydrogen-bond donors (Lipinski definition) is 1. The van der Waals surface area contributed by atoms with Gasteiger partial charge in [0.15, 0.2) is 0 Å². The Morgan fingerprint density at radius 3 is 2.75 bits per heavy atom. The molecule has 0 unspecified atom stereocenters. The summed E-state index contributed by atoms with van der Waals surface area (Å²) >= 11 is 8.86. The molecule has 104 valence electrons. The molecule has 1 aliphatic carbocycles. The van der Waals surface area contributed by atoms with Gasteiger partial charge in [-0.25, -0.2) is 9.37 Å².